The molecular weight excluding hydrogens is 258 g/mol. The summed E-state index contributed by atoms with van der Waals surface area (Å²) < 4.78 is 6.23. The number of nitrogens with two attached hydrogens (primary N) is 1. The Bertz CT molecular complexity index is 465. The van der Waals surface area contributed by atoms with Gasteiger partial charge in [0.15, 0.2) is 0 Å². The molecule has 2 unspecified atom stereocenters. The fourth-order valence-corrected chi connectivity index (χ4v) is 4.51. The van der Waals surface area contributed by atoms with Crippen LogP contribution in [0.25, 0.3) is 0 Å². The third kappa shape index (κ3) is 3.02. The Morgan fingerprint density at radius 2 is 1.81 bits per heavy atom. The quantitative estimate of drug-likeness (QED) is 0.873. The molecule has 2 nitrogen and oxygen atoms in total. The highest BCUT2D eigenvalue weighted by Crippen LogP contribution is 2.44. The van der Waals surface area contributed by atoms with Gasteiger partial charge in [-0.3, -0.25) is 0 Å². The van der Waals surface area contributed by atoms with Crippen LogP contribution in [0.4, 0.5) is 0 Å². The van der Waals surface area contributed by atoms with E-state index >= 15 is 0 Å². The third-order valence-electron chi connectivity index (χ3n) is 5.68. The molecular formula is C19H29NO. The van der Waals surface area contributed by atoms with Crippen molar-refractivity contribution >= 4 is 0 Å². The molecule has 1 heterocycles. The smallest absolute Gasteiger partial charge is 0.0685 e. The van der Waals surface area contributed by atoms with Crippen LogP contribution in [0.1, 0.15) is 67.7 Å². The molecule has 0 radical (unpaired) electrons. The first-order chi connectivity index (χ1) is 10.1. The molecule has 2 heteroatoms. The maximum absolute atomic E-state index is 6.71. The van der Waals surface area contributed by atoms with Gasteiger partial charge in [-0.25, -0.2) is 0 Å². The lowest BCUT2D eigenvalue weighted by Crippen LogP contribution is -2.44. The zero-order chi connectivity index (χ0) is 14.9. The van der Waals surface area contributed by atoms with E-state index in [9.17, 15) is 0 Å². The van der Waals surface area contributed by atoms with Crippen molar-refractivity contribution < 1.29 is 4.74 Å². The summed E-state index contributed by atoms with van der Waals surface area (Å²) >= 11 is 0. The summed E-state index contributed by atoms with van der Waals surface area (Å²) in [7, 11) is 0. The molecule has 0 aromatic heterocycles. The molecule has 1 spiro atoms. The van der Waals surface area contributed by atoms with Crippen LogP contribution in [0.2, 0.25) is 0 Å². The number of ether oxygens (including phenoxy) is 1. The van der Waals surface area contributed by atoms with E-state index in [0.717, 1.165) is 19.4 Å². The van der Waals surface area contributed by atoms with Crippen molar-refractivity contribution in [2.45, 2.75) is 70.4 Å². The van der Waals surface area contributed by atoms with Crippen LogP contribution in [-0.4, -0.2) is 12.2 Å². The lowest BCUT2D eigenvalue weighted by atomic mass is 9.72. The first-order valence-corrected chi connectivity index (χ1v) is 8.57. The predicted octanol–water partition coefficient (Wildman–Crippen LogP) is 4.43. The number of hydrogen-bond donors (Lipinski definition) is 1. The monoisotopic (exact) mass is 287 g/mol. The minimum atomic E-state index is 0.148. The number of rotatable bonds is 2. The summed E-state index contributed by atoms with van der Waals surface area (Å²) in [6.07, 6.45) is 8.76. The van der Waals surface area contributed by atoms with Crippen LogP contribution < -0.4 is 5.73 Å². The maximum atomic E-state index is 6.71. The molecule has 116 valence electrons. The molecule has 3 rings (SSSR count). The fourth-order valence-electron chi connectivity index (χ4n) is 4.51. The lowest BCUT2D eigenvalue weighted by molar-refractivity contribution is -0.120. The van der Waals surface area contributed by atoms with Crippen molar-refractivity contribution in [2.24, 2.45) is 11.7 Å². The second kappa shape index (κ2) is 6.10. The Morgan fingerprint density at radius 1 is 1.14 bits per heavy atom. The fraction of sp³-hybridized carbons (Fsp3) is 0.684. The molecule has 1 aliphatic heterocycles. The summed E-state index contributed by atoms with van der Waals surface area (Å²) in [6.45, 7) is 5.28. The standard InChI is InChI=1S/C19H29NO/c1-14-7-6-8-15(2)17(14)18(20)16-9-12-21-19(13-16)10-4-3-5-11-19/h6-8,16,18H,3-5,9-13,20H2,1-2H3. The van der Waals surface area contributed by atoms with Gasteiger partial charge in [-0.05, 0) is 62.1 Å². The van der Waals surface area contributed by atoms with Gasteiger partial charge in [0.25, 0.3) is 0 Å². The molecule has 1 saturated heterocycles. The van der Waals surface area contributed by atoms with Crippen LogP contribution in [-0.2, 0) is 4.74 Å². The van der Waals surface area contributed by atoms with Gasteiger partial charge < -0.3 is 10.5 Å². The van der Waals surface area contributed by atoms with Crippen molar-refractivity contribution in [3.63, 3.8) is 0 Å². The largest absolute Gasteiger partial charge is 0.375 e. The Morgan fingerprint density at radius 3 is 2.48 bits per heavy atom. The van der Waals surface area contributed by atoms with Gasteiger partial charge in [-0.15, -0.1) is 0 Å². The van der Waals surface area contributed by atoms with Gasteiger partial charge in [-0.2, -0.15) is 0 Å². The predicted molar refractivity (Wildman–Crippen MR) is 87.3 cm³/mol. The van der Waals surface area contributed by atoms with E-state index in [1.54, 1.807) is 0 Å². The Labute approximate surface area is 129 Å². The van der Waals surface area contributed by atoms with Gasteiger partial charge in [0.05, 0.1) is 5.60 Å². The number of hydrogen-bond acceptors (Lipinski definition) is 2. The molecule has 1 aliphatic carbocycles. The van der Waals surface area contributed by atoms with E-state index in [0.29, 0.717) is 5.92 Å². The molecule has 21 heavy (non-hydrogen) atoms. The topological polar surface area (TPSA) is 35.2 Å². The molecule has 0 bridgehead atoms. The molecule has 1 saturated carbocycles. The van der Waals surface area contributed by atoms with E-state index in [1.165, 1.54) is 48.8 Å². The average Bonchev–Trinajstić information content (AvgIpc) is 2.48. The van der Waals surface area contributed by atoms with E-state index in [4.69, 9.17) is 10.5 Å². The van der Waals surface area contributed by atoms with Crippen LogP contribution >= 0.6 is 0 Å². The third-order valence-corrected chi connectivity index (χ3v) is 5.68. The Balaban J connectivity index is 1.79. The minimum Gasteiger partial charge on any atom is -0.375 e. The highest BCUT2D eigenvalue weighted by molar-refractivity contribution is 5.36. The first-order valence-electron chi connectivity index (χ1n) is 8.57. The molecule has 1 aromatic carbocycles. The van der Waals surface area contributed by atoms with Gasteiger partial charge >= 0.3 is 0 Å². The van der Waals surface area contributed by atoms with Gasteiger partial charge in [0, 0.05) is 12.6 Å². The van der Waals surface area contributed by atoms with Gasteiger partial charge in [-0.1, -0.05) is 37.5 Å². The summed E-state index contributed by atoms with van der Waals surface area (Å²) in [5.41, 5.74) is 10.9. The van der Waals surface area contributed by atoms with E-state index < -0.39 is 0 Å². The van der Waals surface area contributed by atoms with Crippen LogP contribution in [0, 0.1) is 19.8 Å². The first kappa shape index (κ1) is 15.1. The second-order valence-corrected chi connectivity index (χ2v) is 7.18. The highest BCUT2D eigenvalue weighted by atomic mass is 16.5. The molecule has 2 N–H and O–H groups in total. The van der Waals surface area contributed by atoms with E-state index in [-0.39, 0.29) is 11.6 Å². The van der Waals surface area contributed by atoms with Crippen molar-refractivity contribution in [3.8, 4) is 0 Å². The number of aryl methyl sites for hydroxylation is 2. The average molecular weight is 287 g/mol. The van der Waals surface area contributed by atoms with Crippen LogP contribution in [0.15, 0.2) is 18.2 Å². The van der Waals surface area contributed by atoms with E-state index in [1.807, 2.05) is 0 Å². The summed E-state index contributed by atoms with van der Waals surface area (Å²) in [6, 6.07) is 6.68. The summed E-state index contributed by atoms with van der Waals surface area (Å²) in [5, 5.41) is 0. The number of benzene rings is 1. The Kier molecular flexibility index (Phi) is 4.37. The van der Waals surface area contributed by atoms with E-state index in [2.05, 4.69) is 32.0 Å². The molecule has 2 atom stereocenters. The van der Waals surface area contributed by atoms with Crippen LogP contribution in [0.3, 0.4) is 0 Å². The zero-order valence-corrected chi connectivity index (χ0v) is 13.5. The van der Waals surface area contributed by atoms with Crippen molar-refractivity contribution in [1.29, 1.82) is 0 Å². The van der Waals surface area contributed by atoms with Crippen molar-refractivity contribution in [3.05, 3.63) is 34.9 Å². The van der Waals surface area contributed by atoms with Crippen molar-refractivity contribution in [2.75, 3.05) is 6.61 Å². The second-order valence-electron chi connectivity index (χ2n) is 7.18. The normalized spacial score (nSPS) is 26.7. The lowest BCUT2D eigenvalue weighted by Gasteiger charge is -2.45. The Hall–Kier alpha value is -0.860. The highest BCUT2D eigenvalue weighted by Gasteiger charge is 2.40. The maximum Gasteiger partial charge on any atom is 0.0685 e. The SMILES string of the molecule is Cc1cccc(C)c1C(N)C1CCOC2(CCCCC2)C1. The van der Waals surface area contributed by atoms with Gasteiger partial charge in [0.2, 0.25) is 0 Å². The molecule has 2 aliphatic rings. The summed E-state index contributed by atoms with van der Waals surface area (Å²) in [4.78, 5) is 0. The molecule has 2 fully saturated rings. The summed E-state index contributed by atoms with van der Waals surface area (Å²) in [5.74, 6) is 0.566. The molecule has 1 aromatic rings. The van der Waals surface area contributed by atoms with Gasteiger partial charge in [0.1, 0.15) is 0 Å². The van der Waals surface area contributed by atoms with Crippen molar-refractivity contribution in [1.82, 2.24) is 0 Å². The van der Waals surface area contributed by atoms with Crippen LogP contribution in [0.5, 0.6) is 0 Å². The zero-order valence-electron chi connectivity index (χ0n) is 13.5. The molecule has 0 amide bonds. The minimum absolute atomic E-state index is 0.148.